The van der Waals surface area contributed by atoms with Gasteiger partial charge in [0.2, 0.25) is 0 Å². The Morgan fingerprint density at radius 2 is 1.92 bits per heavy atom. The summed E-state index contributed by atoms with van der Waals surface area (Å²) in [7, 11) is 3.41. The molecule has 2 aliphatic rings. The van der Waals surface area contributed by atoms with Crippen molar-refractivity contribution in [1.29, 1.82) is 0 Å². The van der Waals surface area contributed by atoms with Crippen molar-refractivity contribution in [1.82, 2.24) is 15.3 Å². The van der Waals surface area contributed by atoms with Gasteiger partial charge >= 0.3 is 0 Å². The summed E-state index contributed by atoms with van der Waals surface area (Å²) < 4.78 is 12.0. The Morgan fingerprint density at radius 3 is 2.70 bits per heavy atom. The lowest BCUT2D eigenvalue weighted by Gasteiger charge is -2.35. The van der Waals surface area contributed by atoms with Crippen LogP contribution in [0.25, 0.3) is 32.2 Å². The van der Waals surface area contributed by atoms with E-state index in [1.807, 2.05) is 25.3 Å². The van der Waals surface area contributed by atoms with E-state index in [0.717, 1.165) is 74.6 Å². The molecule has 0 spiro atoms. The van der Waals surface area contributed by atoms with E-state index in [0.29, 0.717) is 12.5 Å². The van der Waals surface area contributed by atoms with Gasteiger partial charge in [-0.25, -0.2) is 9.97 Å². The average molecular weight is 518 g/mol. The molecule has 9 heteroatoms. The number of ether oxygens (including phenoxy) is 2. The number of hydrogen-bond donors (Lipinski definition) is 2. The van der Waals surface area contributed by atoms with Crippen LogP contribution < -0.4 is 15.5 Å². The highest BCUT2D eigenvalue weighted by Crippen LogP contribution is 2.41. The Bertz CT molecular complexity index is 1460. The third-order valence-corrected chi connectivity index (χ3v) is 8.60. The lowest BCUT2D eigenvalue weighted by atomic mass is 9.96. The van der Waals surface area contributed by atoms with Crippen molar-refractivity contribution in [3.63, 3.8) is 0 Å². The third kappa shape index (κ3) is 4.41. The van der Waals surface area contributed by atoms with Crippen molar-refractivity contribution in [3.05, 3.63) is 47.5 Å². The summed E-state index contributed by atoms with van der Waals surface area (Å²) in [5.41, 5.74) is 3.77. The van der Waals surface area contributed by atoms with Crippen molar-refractivity contribution in [2.24, 2.45) is 5.92 Å². The summed E-state index contributed by atoms with van der Waals surface area (Å²) in [6, 6.07) is 12.5. The van der Waals surface area contributed by atoms with Crippen LogP contribution in [0.4, 0.5) is 11.5 Å². The maximum atomic E-state index is 12.7. The molecule has 0 aliphatic carbocycles. The summed E-state index contributed by atoms with van der Waals surface area (Å²) >= 11 is 1.53. The van der Waals surface area contributed by atoms with Crippen molar-refractivity contribution in [2.45, 2.75) is 32.1 Å². The number of hydrogen-bond acceptors (Lipinski definition) is 8. The molecule has 0 radical (unpaired) electrons. The van der Waals surface area contributed by atoms with Gasteiger partial charge < -0.3 is 25.0 Å². The van der Waals surface area contributed by atoms with E-state index in [-0.39, 0.29) is 18.2 Å². The number of anilines is 2. The van der Waals surface area contributed by atoms with Gasteiger partial charge in [-0.3, -0.25) is 4.79 Å². The molecular weight excluding hydrogens is 486 g/mol. The van der Waals surface area contributed by atoms with Gasteiger partial charge in [-0.15, -0.1) is 11.3 Å². The zero-order chi connectivity index (χ0) is 25.5. The molecule has 3 aromatic heterocycles. The zero-order valence-electron chi connectivity index (χ0n) is 21.3. The van der Waals surface area contributed by atoms with Crippen LogP contribution in [0.5, 0.6) is 0 Å². The fraction of sp³-hybridized carbons (Fsp3) is 0.393. The number of carbonyl (C=O) groups is 1. The van der Waals surface area contributed by atoms with E-state index in [2.05, 4.69) is 44.8 Å². The first kappa shape index (κ1) is 24.1. The molecule has 2 N–H and O–H groups in total. The van der Waals surface area contributed by atoms with E-state index in [4.69, 9.17) is 14.5 Å². The van der Waals surface area contributed by atoms with Gasteiger partial charge in [-0.1, -0.05) is 0 Å². The smallest absolute Gasteiger partial charge is 0.263 e. The molecule has 4 aromatic rings. The normalized spacial score (nSPS) is 18.6. The lowest BCUT2D eigenvalue weighted by molar-refractivity contribution is -0.141. The van der Waals surface area contributed by atoms with E-state index in [1.54, 1.807) is 14.2 Å². The third-order valence-electron chi connectivity index (χ3n) is 7.45. The number of aromatic nitrogens is 2. The number of thiophene rings is 1. The zero-order valence-corrected chi connectivity index (χ0v) is 22.1. The van der Waals surface area contributed by atoms with Crippen LogP contribution in [0.1, 0.15) is 29.4 Å². The SMILES string of the molecule is COC(OC)C1CCN(c2cc(-c3ccc4c(ccc5sc6c(c54)NC[C@@H](C)NC6=O)n3)ccn2)CC1. The second kappa shape index (κ2) is 9.89. The quantitative estimate of drug-likeness (QED) is 0.365. The second-order valence-electron chi connectivity index (χ2n) is 9.83. The summed E-state index contributed by atoms with van der Waals surface area (Å²) in [5, 5.41) is 8.68. The number of carbonyl (C=O) groups excluding carboxylic acids is 1. The fourth-order valence-corrected chi connectivity index (χ4v) is 6.62. The van der Waals surface area contributed by atoms with Gasteiger partial charge in [0.1, 0.15) is 10.7 Å². The minimum Gasteiger partial charge on any atom is -0.381 e. The van der Waals surface area contributed by atoms with Crippen LogP contribution in [0, 0.1) is 5.92 Å². The Balaban J connectivity index is 1.30. The Hall–Kier alpha value is -3.27. The molecule has 0 saturated carbocycles. The molecule has 1 aromatic carbocycles. The van der Waals surface area contributed by atoms with Gasteiger partial charge in [0.05, 0.1) is 16.9 Å². The monoisotopic (exact) mass is 517 g/mol. The number of nitrogens with zero attached hydrogens (tertiary/aromatic N) is 3. The predicted molar refractivity (Wildman–Crippen MR) is 149 cm³/mol. The first-order valence-electron chi connectivity index (χ1n) is 12.7. The van der Waals surface area contributed by atoms with Crippen molar-refractivity contribution in [2.75, 3.05) is 44.1 Å². The maximum absolute atomic E-state index is 12.7. The number of amides is 1. The van der Waals surface area contributed by atoms with Crippen LogP contribution >= 0.6 is 11.3 Å². The minimum atomic E-state index is -0.152. The van der Waals surface area contributed by atoms with Crippen molar-refractivity contribution in [3.8, 4) is 11.3 Å². The van der Waals surface area contributed by atoms with Gasteiger partial charge in [-0.2, -0.15) is 0 Å². The molecule has 1 amide bonds. The second-order valence-corrected chi connectivity index (χ2v) is 10.9. The Kier molecular flexibility index (Phi) is 6.44. The largest absolute Gasteiger partial charge is 0.381 e. The molecule has 37 heavy (non-hydrogen) atoms. The van der Waals surface area contributed by atoms with E-state index < -0.39 is 0 Å². The van der Waals surface area contributed by atoms with E-state index >= 15 is 0 Å². The highest BCUT2D eigenvalue weighted by molar-refractivity contribution is 7.21. The number of pyridine rings is 2. The van der Waals surface area contributed by atoms with Gasteiger partial charge in [0.15, 0.2) is 6.29 Å². The molecule has 192 valence electrons. The number of methoxy groups -OCH3 is 2. The number of nitrogens with one attached hydrogen (secondary N) is 2. The summed E-state index contributed by atoms with van der Waals surface area (Å²) in [6.45, 7) is 4.53. The summed E-state index contributed by atoms with van der Waals surface area (Å²) in [4.78, 5) is 25.5. The molecule has 1 atom stereocenters. The maximum Gasteiger partial charge on any atom is 0.263 e. The fourth-order valence-electron chi connectivity index (χ4n) is 5.52. The predicted octanol–water partition coefficient (Wildman–Crippen LogP) is 4.89. The molecule has 6 rings (SSSR count). The van der Waals surface area contributed by atoms with Crippen LogP contribution in [-0.4, -0.2) is 62.1 Å². The Labute approximate surface area is 220 Å². The number of piperidine rings is 1. The number of benzene rings is 1. The molecular formula is C28H31N5O3S. The van der Waals surface area contributed by atoms with E-state index in [9.17, 15) is 4.79 Å². The summed E-state index contributed by atoms with van der Waals surface area (Å²) in [5.74, 6) is 1.34. The molecule has 8 nitrogen and oxygen atoms in total. The Morgan fingerprint density at radius 1 is 1.11 bits per heavy atom. The van der Waals surface area contributed by atoms with Crippen LogP contribution in [-0.2, 0) is 9.47 Å². The minimum absolute atomic E-state index is 0.0141. The van der Waals surface area contributed by atoms with Gasteiger partial charge in [0, 0.05) is 73.0 Å². The molecule has 0 bridgehead atoms. The first-order chi connectivity index (χ1) is 18.1. The lowest BCUT2D eigenvalue weighted by Crippen LogP contribution is -2.39. The molecule has 1 saturated heterocycles. The molecule has 0 unspecified atom stereocenters. The van der Waals surface area contributed by atoms with Crippen molar-refractivity contribution >= 4 is 49.7 Å². The summed E-state index contributed by atoms with van der Waals surface area (Å²) in [6.07, 6.45) is 3.71. The molecule has 5 heterocycles. The van der Waals surface area contributed by atoms with Crippen LogP contribution in [0.3, 0.4) is 0 Å². The molecule has 1 fully saturated rings. The standard InChI is InChI=1S/C28H31N5O3S/c1-16-15-30-25-24-19-4-5-20(32-21(19)6-7-22(24)37-26(25)27(34)31-16)18-8-11-29-23(14-18)33-12-9-17(10-13-33)28(35-2)36-3/h4-8,11,14,16-17,28,30H,9-10,12-13,15H2,1-3H3,(H,31,34)/t16-/m1/s1. The number of rotatable bonds is 5. The molecule has 2 aliphatic heterocycles. The van der Waals surface area contributed by atoms with Crippen LogP contribution in [0.15, 0.2) is 42.6 Å². The van der Waals surface area contributed by atoms with Gasteiger partial charge in [0.25, 0.3) is 5.91 Å². The first-order valence-corrected chi connectivity index (χ1v) is 13.6. The van der Waals surface area contributed by atoms with E-state index in [1.165, 1.54) is 11.3 Å². The van der Waals surface area contributed by atoms with Crippen LogP contribution in [0.2, 0.25) is 0 Å². The highest BCUT2D eigenvalue weighted by atomic mass is 32.1. The van der Waals surface area contributed by atoms with Gasteiger partial charge in [-0.05, 0) is 56.2 Å². The topological polar surface area (TPSA) is 88.6 Å². The number of fused-ring (bicyclic) bond motifs is 5. The highest BCUT2D eigenvalue weighted by Gasteiger charge is 2.27. The van der Waals surface area contributed by atoms with Crippen molar-refractivity contribution < 1.29 is 14.3 Å². The average Bonchev–Trinajstić information content (AvgIpc) is 3.25.